The molecule has 3 aromatic rings. The molecule has 3 rings (SSSR count). The first-order valence-corrected chi connectivity index (χ1v) is 6.41. The predicted octanol–water partition coefficient (Wildman–Crippen LogP) is 3.46. The number of hydrogen-bond donors (Lipinski definition) is 1. The number of rotatable bonds is 2. The van der Waals surface area contributed by atoms with Crippen LogP contribution in [-0.2, 0) is 0 Å². The lowest BCUT2D eigenvalue weighted by Gasteiger charge is -2.02. The van der Waals surface area contributed by atoms with Gasteiger partial charge in [0, 0.05) is 16.2 Å². The Bertz CT molecular complexity index is 763. The Morgan fingerprint density at radius 3 is 2.63 bits per heavy atom. The van der Waals surface area contributed by atoms with Gasteiger partial charge in [-0.3, -0.25) is 4.40 Å². The van der Waals surface area contributed by atoms with E-state index in [1.54, 1.807) is 24.5 Å². The van der Waals surface area contributed by atoms with Crippen LogP contribution in [0.3, 0.4) is 0 Å². The Hall–Kier alpha value is -2.14. The smallest absolute Gasteiger partial charge is 0.335 e. The van der Waals surface area contributed by atoms with E-state index in [1.807, 2.05) is 28.7 Å². The molecule has 1 aromatic carbocycles. The third-order valence-corrected chi connectivity index (χ3v) is 3.41. The van der Waals surface area contributed by atoms with Crippen LogP contribution in [-0.4, -0.2) is 20.5 Å². The fourth-order valence-electron chi connectivity index (χ4n) is 1.95. The zero-order chi connectivity index (χ0) is 13.4. The summed E-state index contributed by atoms with van der Waals surface area (Å²) in [4.78, 5) is 15.3. The Kier molecular flexibility index (Phi) is 2.83. The number of fused-ring (bicyclic) bond motifs is 1. The van der Waals surface area contributed by atoms with E-state index >= 15 is 0 Å². The SMILES string of the molecule is O=C(O)c1ccn2c(-c3ccc(Br)cc3)ncc2c1. The lowest BCUT2D eigenvalue weighted by molar-refractivity contribution is 0.0697. The molecule has 0 saturated heterocycles. The molecule has 0 spiro atoms. The van der Waals surface area contributed by atoms with E-state index in [1.165, 1.54) is 0 Å². The highest BCUT2D eigenvalue weighted by molar-refractivity contribution is 9.10. The van der Waals surface area contributed by atoms with Gasteiger partial charge in [-0.15, -0.1) is 0 Å². The second-order valence-electron chi connectivity index (χ2n) is 4.10. The second-order valence-corrected chi connectivity index (χ2v) is 5.02. The molecular weight excluding hydrogens is 308 g/mol. The van der Waals surface area contributed by atoms with Gasteiger partial charge >= 0.3 is 5.97 Å². The summed E-state index contributed by atoms with van der Waals surface area (Å²) >= 11 is 3.39. The molecule has 0 saturated carbocycles. The summed E-state index contributed by atoms with van der Waals surface area (Å²) in [7, 11) is 0. The van der Waals surface area contributed by atoms with E-state index in [4.69, 9.17) is 5.11 Å². The van der Waals surface area contributed by atoms with E-state index in [2.05, 4.69) is 20.9 Å². The first-order chi connectivity index (χ1) is 9.15. The summed E-state index contributed by atoms with van der Waals surface area (Å²) in [5.41, 5.74) is 2.00. The monoisotopic (exact) mass is 316 g/mol. The highest BCUT2D eigenvalue weighted by atomic mass is 79.9. The number of carboxylic acids is 1. The van der Waals surface area contributed by atoms with Crippen molar-refractivity contribution in [3.63, 3.8) is 0 Å². The number of pyridine rings is 1. The molecule has 94 valence electrons. The normalized spacial score (nSPS) is 10.8. The van der Waals surface area contributed by atoms with Gasteiger partial charge in [0.1, 0.15) is 5.82 Å². The van der Waals surface area contributed by atoms with Crippen molar-refractivity contribution in [2.75, 3.05) is 0 Å². The molecule has 19 heavy (non-hydrogen) atoms. The number of aromatic nitrogens is 2. The summed E-state index contributed by atoms with van der Waals surface area (Å²) in [5, 5.41) is 8.96. The molecule has 0 atom stereocenters. The fraction of sp³-hybridized carbons (Fsp3) is 0. The van der Waals surface area contributed by atoms with E-state index in [0.717, 1.165) is 21.4 Å². The lowest BCUT2D eigenvalue weighted by Crippen LogP contribution is -1.97. The predicted molar refractivity (Wildman–Crippen MR) is 75.3 cm³/mol. The minimum atomic E-state index is -0.936. The van der Waals surface area contributed by atoms with Crippen LogP contribution in [0.25, 0.3) is 16.9 Å². The van der Waals surface area contributed by atoms with Crippen LogP contribution in [0.15, 0.2) is 53.3 Å². The number of carboxylic acid groups (broad SMARTS) is 1. The molecule has 4 nitrogen and oxygen atoms in total. The Balaban J connectivity index is 2.15. The molecule has 0 aliphatic rings. The number of hydrogen-bond acceptors (Lipinski definition) is 2. The number of nitrogens with zero attached hydrogens (tertiary/aromatic N) is 2. The van der Waals surface area contributed by atoms with Gasteiger partial charge in [-0.05, 0) is 24.3 Å². The number of halogens is 1. The minimum Gasteiger partial charge on any atom is -0.478 e. The fourth-order valence-corrected chi connectivity index (χ4v) is 2.21. The topological polar surface area (TPSA) is 54.6 Å². The third-order valence-electron chi connectivity index (χ3n) is 2.88. The van der Waals surface area contributed by atoms with Crippen molar-refractivity contribution in [3.8, 4) is 11.4 Å². The van der Waals surface area contributed by atoms with E-state index in [9.17, 15) is 4.79 Å². The molecule has 0 bridgehead atoms. The zero-order valence-electron chi connectivity index (χ0n) is 9.75. The highest BCUT2D eigenvalue weighted by Gasteiger charge is 2.09. The molecule has 2 heterocycles. The molecule has 0 amide bonds. The standard InChI is InChI=1S/C14H9BrN2O2/c15-11-3-1-9(2-4-11)13-16-8-12-7-10(14(18)19)5-6-17(12)13/h1-8H,(H,18,19). The largest absolute Gasteiger partial charge is 0.478 e. The van der Waals surface area contributed by atoms with Gasteiger partial charge in [0.2, 0.25) is 0 Å². The summed E-state index contributed by atoms with van der Waals surface area (Å²) in [6.45, 7) is 0. The molecule has 0 fully saturated rings. The Labute approximate surface area is 117 Å². The van der Waals surface area contributed by atoms with E-state index < -0.39 is 5.97 Å². The molecule has 2 aromatic heterocycles. The maximum Gasteiger partial charge on any atom is 0.335 e. The maximum absolute atomic E-state index is 10.9. The maximum atomic E-state index is 10.9. The van der Waals surface area contributed by atoms with Crippen molar-refractivity contribution >= 4 is 27.4 Å². The van der Waals surface area contributed by atoms with Crippen LogP contribution in [0.2, 0.25) is 0 Å². The van der Waals surface area contributed by atoms with E-state index in [0.29, 0.717) is 0 Å². The van der Waals surface area contributed by atoms with Crippen LogP contribution in [0, 0.1) is 0 Å². The van der Waals surface area contributed by atoms with Gasteiger partial charge in [0.15, 0.2) is 0 Å². The van der Waals surface area contributed by atoms with Gasteiger partial charge in [-0.1, -0.05) is 28.1 Å². The van der Waals surface area contributed by atoms with Crippen molar-refractivity contribution in [1.29, 1.82) is 0 Å². The second kappa shape index (κ2) is 4.51. The molecule has 5 heteroatoms. The first-order valence-electron chi connectivity index (χ1n) is 5.61. The third kappa shape index (κ3) is 2.13. The molecule has 0 radical (unpaired) electrons. The van der Waals surface area contributed by atoms with Crippen molar-refractivity contribution in [2.45, 2.75) is 0 Å². The van der Waals surface area contributed by atoms with Crippen LogP contribution < -0.4 is 0 Å². The Morgan fingerprint density at radius 1 is 1.21 bits per heavy atom. The minimum absolute atomic E-state index is 0.259. The van der Waals surface area contributed by atoms with E-state index in [-0.39, 0.29) is 5.56 Å². The van der Waals surface area contributed by atoms with Crippen LogP contribution >= 0.6 is 15.9 Å². The van der Waals surface area contributed by atoms with Crippen LogP contribution in [0.5, 0.6) is 0 Å². The molecule has 1 N–H and O–H groups in total. The summed E-state index contributed by atoms with van der Waals surface area (Å²) < 4.78 is 2.88. The summed E-state index contributed by atoms with van der Waals surface area (Å²) in [6.07, 6.45) is 3.40. The average Bonchev–Trinajstić information content (AvgIpc) is 2.82. The van der Waals surface area contributed by atoms with Crippen molar-refractivity contribution in [1.82, 2.24) is 9.38 Å². The van der Waals surface area contributed by atoms with Gasteiger partial charge in [0.05, 0.1) is 17.3 Å². The molecule has 0 aliphatic carbocycles. The number of aromatic carboxylic acids is 1. The molecular formula is C14H9BrN2O2. The van der Waals surface area contributed by atoms with Crippen LogP contribution in [0.1, 0.15) is 10.4 Å². The zero-order valence-corrected chi connectivity index (χ0v) is 11.3. The average molecular weight is 317 g/mol. The van der Waals surface area contributed by atoms with Gasteiger partial charge in [-0.2, -0.15) is 0 Å². The summed E-state index contributed by atoms with van der Waals surface area (Å²) in [6, 6.07) is 11.0. The Morgan fingerprint density at radius 2 is 1.95 bits per heavy atom. The quantitative estimate of drug-likeness (QED) is 0.787. The van der Waals surface area contributed by atoms with Gasteiger partial charge < -0.3 is 5.11 Å². The number of benzene rings is 1. The number of carbonyl (C=O) groups is 1. The van der Waals surface area contributed by atoms with Gasteiger partial charge in [-0.25, -0.2) is 9.78 Å². The summed E-state index contributed by atoms with van der Waals surface area (Å²) in [5.74, 6) is -0.145. The molecule has 0 aliphatic heterocycles. The van der Waals surface area contributed by atoms with Gasteiger partial charge in [0.25, 0.3) is 0 Å². The molecule has 0 unspecified atom stereocenters. The lowest BCUT2D eigenvalue weighted by atomic mass is 10.2. The highest BCUT2D eigenvalue weighted by Crippen LogP contribution is 2.22. The van der Waals surface area contributed by atoms with Crippen molar-refractivity contribution < 1.29 is 9.90 Å². The van der Waals surface area contributed by atoms with Crippen molar-refractivity contribution in [3.05, 3.63) is 58.8 Å². The van der Waals surface area contributed by atoms with Crippen molar-refractivity contribution in [2.24, 2.45) is 0 Å². The number of imidazole rings is 1. The van der Waals surface area contributed by atoms with Crippen LogP contribution in [0.4, 0.5) is 0 Å². The first kappa shape index (κ1) is 11.9.